The van der Waals surface area contributed by atoms with Crippen molar-refractivity contribution in [2.24, 2.45) is 5.92 Å². The van der Waals surface area contributed by atoms with E-state index in [0.717, 1.165) is 36.9 Å². The molecular weight excluding hydrogens is 383 g/mol. The standard InChI is InChI=1S/C24H29FN2O3/c1-15(26-24(28)17-7-8-17)23-20-13-22(30-3)21(29-2)12-18(20)9-10-27(23)14-16-5-4-6-19(25)11-16/h4-6,11-13,15,17,23H,7-10,14H2,1-3H3,(H,26,28)/t15-,23-/m0/s1. The van der Waals surface area contributed by atoms with Crippen LogP contribution >= 0.6 is 0 Å². The molecule has 1 N–H and O–H groups in total. The van der Waals surface area contributed by atoms with E-state index in [0.29, 0.717) is 18.0 Å². The minimum atomic E-state index is -0.233. The normalized spacial score (nSPS) is 19.7. The van der Waals surface area contributed by atoms with Gasteiger partial charge in [0.1, 0.15) is 5.82 Å². The molecule has 1 heterocycles. The second-order valence-corrected chi connectivity index (χ2v) is 8.27. The summed E-state index contributed by atoms with van der Waals surface area (Å²) < 4.78 is 24.8. The Morgan fingerprint density at radius 1 is 1.20 bits per heavy atom. The molecule has 2 aromatic rings. The van der Waals surface area contributed by atoms with Crippen LogP contribution in [0.5, 0.6) is 11.5 Å². The Bertz CT molecular complexity index is 929. The summed E-state index contributed by atoms with van der Waals surface area (Å²) in [5, 5.41) is 3.22. The second-order valence-electron chi connectivity index (χ2n) is 8.27. The average Bonchev–Trinajstić information content (AvgIpc) is 3.58. The zero-order chi connectivity index (χ0) is 21.3. The Morgan fingerprint density at radius 2 is 1.93 bits per heavy atom. The van der Waals surface area contributed by atoms with Gasteiger partial charge in [-0.25, -0.2) is 4.39 Å². The van der Waals surface area contributed by atoms with Crippen molar-refractivity contribution in [1.82, 2.24) is 10.2 Å². The smallest absolute Gasteiger partial charge is 0.223 e. The van der Waals surface area contributed by atoms with E-state index in [4.69, 9.17) is 9.47 Å². The Balaban J connectivity index is 1.68. The molecule has 2 aromatic carbocycles. The number of hydrogen-bond donors (Lipinski definition) is 1. The van der Waals surface area contributed by atoms with Crippen LogP contribution in [0.4, 0.5) is 4.39 Å². The third kappa shape index (κ3) is 4.29. The number of nitrogens with one attached hydrogen (secondary N) is 1. The zero-order valence-electron chi connectivity index (χ0n) is 17.8. The van der Waals surface area contributed by atoms with Gasteiger partial charge in [-0.3, -0.25) is 9.69 Å². The number of carbonyl (C=O) groups excluding carboxylic acids is 1. The maximum atomic E-state index is 13.8. The van der Waals surface area contributed by atoms with Crippen LogP contribution in [0.3, 0.4) is 0 Å². The van der Waals surface area contributed by atoms with E-state index in [-0.39, 0.29) is 29.7 Å². The van der Waals surface area contributed by atoms with Crippen LogP contribution in [0, 0.1) is 11.7 Å². The number of amides is 1. The highest BCUT2D eigenvalue weighted by molar-refractivity contribution is 5.81. The monoisotopic (exact) mass is 412 g/mol. The first-order chi connectivity index (χ1) is 14.5. The van der Waals surface area contributed by atoms with Crippen molar-refractivity contribution < 1.29 is 18.7 Å². The lowest BCUT2D eigenvalue weighted by molar-refractivity contribution is -0.123. The quantitative estimate of drug-likeness (QED) is 0.750. The zero-order valence-corrected chi connectivity index (χ0v) is 17.8. The molecule has 30 heavy (non-hydrogen) atoms. The van der Waals surface area contributed by atoms with E-state index in [1.54, 1.807) is 26.4 Å². The molecule has 160 valence electrons. The number of fused-ring (bicyclic) bond motifs is 1. The van der Waals surface area contributed by atoms with E-state index in [1.165, 1.54) is 11.6 Å². The molecule has 0 aromatic heterocycles. The number of ether oxygens (including phenoxy) is 2. The molecule has 0 radical (unpaired) electrons. The minimum Gasteiger partial charge on any atom is -0.493 e. The van der Waals surface area contributed by atoms with Gasteiger partial charge in [0.15, 0.2) is 11.5 Å². The number of benzene rings is 2. The molecule has 0 spiro atoms. The second kappa shape index (κ2) is 8.64. The predicted octanol–water partition coefficient (Wildman–Crippen LogP) is 3.86. The number of nitrogens with zero attached hydrogens (tertiary/aromatic N) is 1. The van der Waals surface area contributed by atoms with Crippen molar-refractivity contribution in [2.45, 2.75) is 44.8 Å². The average molecular weight is 413 g/mol. The van der Waals surface area contributed by atoms with Crippen molar-refractivity contribution in [3.8, 4) is 11.5 Å². The van der Waals surface area contributed by atoms with Crippen molar-refractivity contribution in [3.63, 3.8) is 0 Å². The summed E-state index contributed by atoms with van der Waals surface area (Å²) in [4.78, 5) is 14.8. The number of hydrogen-bond acceptors (Lipinski definition) is 4. The molecule has 0 bridgehead atoms. The third-order valence-electron chi connectivity index (χ3n) is 6.09. The first-order valence-corrected chi connectivity index (χ1v) is 10.5. The van der Waals surface area contributed by atoms with E-state index in [9.17, 15) is 9.18 Å². The minimum absolute atomic E-state index is 0.0421. The molecule has 0 unspecified atom stereocenters. The fourth-order valence-electron chi connectivity index (χ4n) is 4.43. The van der Waals surface area contributed by atoms with Gasteiger partial charge in [0.2, 0.25) is 5.91 Å². The summed E-state index contributed by atoms with van der Waals surface area (Å²) in [6.07, 6.45) is 2.79. The van der Waals surface area contributed by atoms with E-state index >= 15 is 0 Å². The maximum Gasteiger partial charge on any atom is 0.223 e. The molecule has 1 aliphatic heterocycles. The van der Waals surface area contributed by atoms with Crippen molar-refractivity contribution in [3.05, 3.63) is 58.9 Å². The van der Waals surface area contributed by atoms with Gasteiger partial charge >= 0.3 is 0 Å². The third-order valence-corrected chi connectivity index (χ3v) is 6.09. The summed E-state index contributed by atoms with van der Waals surface area (Å²) in [6, 6.07) is 10.6. The van der Waals surface area contributed by atoms with Crippen LogP contribution in [0.1, 0.15) is 42.5 Å². The molecule has 4 rings (SSSR count). The van der Waals surface area contributed by atoms with Gasteiger partial charge in [-0.2, -0.15) is 0 Å². The topological polar surface area (TPSA) is 50.8 Å². The molecule has 1 amide bonds. The highest BCUT2D eigenvalue weighted by Gasteiger charge is 2.36. The summed E-state index contributed by atoms with van der Waals surface area (Å²) in [5.74, 6) is 1.43. The molecule has 0 saturated heterocycles. The molecule has 2 atom stereocenters. The maximum absolute atomic E-state index is 13.8. The van der Waals surface area contributed by atoms with Crippen LogP contribution in [0.2, 0.25) is 0 Å². The van der Waals surface area contributed by atoms with Crippen LogP contribution in [0.15, 0.2) is 36.4 Å². The largest absolute Gasteiger partial charge is 0.493 e. The fraction of sp³-hybridized carbons (Fsp3) is 0.458. The van der Waals surface area contributed by atoms with Gasteiger partial charge in [-0.1, -0.05) is 12.1 Å². The van der Waals surface area contributed by atoms with Crippen molar-refractivity contribution in [2.75, 3.05) is 20.8 Å². The number of methoxy groups -OCH3 is 2. The summed E-state index contributed by atoms with van der Waals surface area (Å²) in [5.41, 5.74) is 3.24. The lowest BCUT2D eigenvalue weighted by atomic mass is 9.87. The van der Waals surface area contributed by atoms with Gasteiger partial charge in [-0.15, -0.1) is 0 Å². The van der Waals surface area contributed by atoms with E-state index < -0.39 is 0 Å². The Kier molecular flexibility index (Phi) is 5.95. The first kappa shape index (κ1) is 20.7. The van der Waals surface area contributed by atoms with Crippen LogP contribution in [0.25, 0.3) is 0 Å². The molecule has 6 heteroatoms. The Hall–Kier alpha value is -2.60. The van der Waals surface area contributed by atoms with Crippen LogP contribution < -0.4 is 14.8 Å². The molecule has 1 fully saturated rings. The van der Waals surface area contributed by atoms with Crippen molar-refractivity contribution >= 4 is 5.91 Å². The van der Waals surface area contributed by atoms with E-state index in [1.807, 2.05) is 18.2 Å². The summed E-state index contributed by atoms with van der Waals surface area (Å²) in [6.45, 7) is 3.47. The Labute approximate surface area is 177 Å². The van der Waals surface area contributed by atoms with Gasteiger partial charge < -0.3 is 14.8 Å². The highest BCUT2D eigenvalue weighted by Crippen LogP contribution is 2.40. The number of carbonyl (C=O) groups is 1. The molecule has 1 aliphatic carbocycles. The summed E-state index contributed by atoms with van der Waals surface area (Å²) in [7, 11) is 3.27. The van der Waals surface area contributed by atoms with Crippen LogP contribution in [-0.2, 0) is 17.8 Å². The van der Waals surface area contributed by atoms with Gasteiger partial charge in [-0.05, 0) is 67.1 Å². The molecule has 2 aliphatic rings. The lowest BCUT2D eigenvalue weighted by Crippen LogP contribution is -2.47. The van der Waals surface area contributed by atoms with Gasteiger partial charge in [0, 0.05) is 25.0 Å². The Morgan fingerprint density at radius 3 is 2.60 bits per heavy atom. The number of halogens is 1. The molecule has 5 nitrogen and oxygen atoms in total. The number of rotatable bonds is 7. The van der Waals surface area contributed by atoms with Gasteiger partial charge in [0.05, 0.1) is 20.3 Å². The first-order valence-electron chi connectivity index (χ1n) is 10.5. The SMILES string of the molecule is COc1cc2c(cc1OC)[C@H]([C@H](C)NC(=O)C1CC1)N(Cc1cccc(F)c1)CC2. The molecular formula is C24H29FN2O3. The summed E-state index contributed by atoms with van der Waals surface area (Å²) >= 11 is 0. The van der Waals surface area contributed by atoms with Crippen LogP contribution in [-0.4, -0.2) is 37.6 Å². The highest BCUT2D eigenvalue weighted by atomic mass is 19.1. The fourth-order valence-corrected chi connectivity index (χ4v) is 4.43. The van der Waals surface area contributed by atoms with E-state index in [2.05, 4.69) is 17.1 Å². The van der Waals surface area contributed by atoms with Crippen molar-refractivity contribution in [1.29, 1.82) is 0 Å². The van der Waals surface area contributed by atoms with Gasteiger partial charge in [0.25, 0.3) is 0 Å². The predicted molar refractivity (Wildman–Crippen MR) is 113 cm³/mol. The lowest BCUT2D eigenvalue weighted by Gasteiger charge is -2.41. The molecule has 1 saturated carbocycles.